The first-order chi connectivity index (χ1) is 18.8. The number of aryl methyl sites for hydroxylation is 1. The van der Waals surface area contributed by atoms with Crippen molar-refractivity contribution in [3.8, 4) is 0 Å². The van der Waals surface area contributed by atoms with Crippen molar-refractivity contribution in [1.82, 2.24) is 20.1 Å². The van der Waals surface area contributed by atoms with Gasteiger partial charge in [0, 0.05) is 47.4 Å². The summed E-state index contributed by atoms with van der Waals surface area (Å²) >= 11 is 8.35. The van der Waals surface area contributed by atoms with Crippen molar-refractivity contribution in [3.63, 3.8) is 0 Å². The van der Waals surface area contributed by atoms with Crippen LogP contribution in [0.1, 0.15) is 54.8 Å². The summed E-state index contributed by atoms with van der Waals surface area (Å²) in [6, 6.07) is 5.70. The van der Waals surface area contributed by atoms with E-state index < -0.39 is 12.2 Å². The van der Waals surface area contributed by atoms with E-state index in [2.05, 4.69) is 26.7 Å². The van der Waals surface area contributed by atoms with E-state index in [-0.39, 0.29) is 12.5 Å². The molecule has 6 nitrogen and oxygen atoms in total. The predicted molar refractivity (Wildman–Crippen MR) is 162 cm³/mol. The van der Waals surface area contributed by atoms with E-state index in [1.54, 1.807) is 29.7 Å². The number of nitrogens with one attached hydrogen (secondary N) is 2. The fourth-order valence-corrected chi connectivity index (χ4v) is 6.17. The standard InChI is InChI=1S/C30H38ClFN6S/c1-5-37(15-7-6-13-34-4)22-18-26-27(25(33)10-8-9-21(3)32)28(23-12-11-20(2)17-24(23)31)36-29(38(26)19-22)30-35-14-16-39-30/h5,8,10-12,14,16-17,21-22,28,33-34H,1,6-7,9,13,15,18-19H2,2-4H3/b10-8-,33-25?/t21?,22-,28-/m0/s1. The van der Waals surface area contributed by atoms with Gasteiger partial charge in [0.1, 0.15) is 12.2 Å². The number of allylic oxidation sites excluding steroid dienone is 2. The Kier molecular flexibility index (Phi) is 10.1. The van der Waals surface area contributed by atoms with Crippen molar-refractivity contribution in [2.75, 3.05) is 26.7 Å². The molecule has 0 bridgehead atoms. The molecule has 1 saturated heterocycles. The Hall–Kier alpha value is -2.81. The van der Waals surface area contributed by atoms with Crippen LogP contribution in [0.4, 0.5) is 4.39 Å². The predicted octanol–water partition coefficient (Wildman–Crippen LogP) is 6.70. The number of hydrogen-bond acceptors (Lipinski definition) is 7. The monoisotopic (exact) mass is 568 g/mol. The summed E-state index contributed by atoms with van der Waals surface area (Å²) in [6.45, 7) is 10.3. The Labute approximate surface area is 240 Å². The van der Waals surface area contributed by atoms with E-state index in [0.29, 0.717) is 10.7 Å². The molecule has 0 amide bonds. The normalized spacial score (nSPS) is 19.8. The number of unbranched alkanes of at least 4 members (excludes halogenated alkanes) is 1. The third-order valence-electron chi connectivity index (χ3n) is 7.15. The van der Waals surface area contributed by atoms with Gasteiger partial charge < -0.3 is 20.5 Å². The molecule has 2 N–H and O–H groups in total. The van der Waals surface area contributed by atoms with Crippen molar-refractivity contribution in [3.05, 3.63) is 87.1 Å². The average molecular weight is 569 g/mol. The second-order valence-electron chi connectivity index (χ2n) is 10.1. The molecule has 2 aromatic rings. The van der Waals surface area contributed by atoms with Crippen LogP contribution in [0.25, 0.3) is 0 Å². The molecule has 39 heavy (non-hydrogen) atoms. The van der Waals surface area contributed by atoms with Crippen molar-refractivity contribution in [2.24, 2.45) is 4.99 Å². The fraction of sp³-hybridized carbons (Fsp3) is 0.433. The third kappa shape index (κ3) is 6.86. The number of alkyl halides is 1. The number of halogens is 2. The molecule has 0 spiro atoms. The Morgan fingerprint density at radius 3 is 2.90 bits per heavy atom. The molecule has 9 heteroatoms. The zero-order valence-corrected chi connectivity index (χ0v) is 24.5. The van der Waals surface area contributed by atoms with Gasteiger partial charge in [0.15, 0.2) is 10.8 Å². The maximum Gasteiger partial charge on any atom is 0.165 e. The van der Waals surface area contributed by atoms with Gasteiger partial charge in [-0.15, -0.1) is 11.3 Å². The van der Waals surface area contributed by atoms with Crippen LogP contribution >= 0.6 is 22.9 Å². The molecule has 1 fully saturated rings. The maximum atomic E-state index is 13.6. The summed E-state index contributed by atoms with van der Waals surface area (Å²) in [5.41, 5.74) is 4.11. The zero-order chi connectivity index (χ0) is 27.9. The van der Waals surface area contributed by atoms with Gasteiger partial charge in [0.05, 0.1) is 11.8 Å². The molecule has 2 aliphatic rings. The van der Waals surface area contributed by atoms with Crippen molar-refractivity contribution >= 4 is 34.5 Å². The van der Waals surface area contributed by atoms with Crippen LogP contribution in [0.2, 0.25) is 5.02 Å². The Morgan fingerprint density at radius 1 is 1.41 bits per heavy atom. The van der Waals surface area contributed by atoms with Crippen LogP contribution in [0.15, 0.2) is 71.0 Å². The minimum atomic E-state index is -0.966. The summed E-state index contributed by atoms with van der Waals surface area (Å²) in [7, 11) is 1.97. The van der Waals surface area contributed by atoms with Gasteiger partial charge in [-0.05, 0) is 76.2 Å². The first-order valence-corrected chi connectivity index (χ1v) is 14.8. The van der Waals surface area contributed by atoms with E-state index in [1.165, 1.54) is 6.92 Å². The van der Waals surface area contributed by atoms with Crippen molar-refractivity contribution in [2.45, 2.75) is 57.8 Å². The lowest BCUT2D eigenvalue weighted by atomic mass is 9.90. The molecule has 1 unspecified atom stereocenters. The lowest BCUT2D eigenvalue weighted by Crippen LogP contribution is -2.38. The number of thiazole rings is 1. The molecule has 0 saturated carbocycles. The SMILES string of the molecule is C=CN(CCCCNC)[C@H]1CC2=C(C(=N)/C=C\CC(C)F)[C@H](c3ccc(C)cc3Cl)N=C(c3nccs3)N2C1. The summed E-state index contributed by atoms with van der Waals surface area (Å²) in [5.74, 6) is 0.807. The van der Waals surface area contributed by atoms with Gasteiger partial charge in [-0.25, -0.2) is 9.37 Å². The molecular formula is C30H38ClFN6S. The highest BCUT2D eigenvalue weighted by molar-refractivity contribution is 7.11. The van der Waals surface area contributed by atoms with Gasteiger partial charge in [-0.1, -0.05) is 36.4 Å². The number of fused-ring (bicyclic) bond motifs is 1. The van der Waals surface area contributed by atoms with Crippen LogP contribution in [-0.4, -0.2) is 65.2 Å². The van der Waals surface area contributed by atoms with E-state index in [4.69, 9.17) is 22.0 Å². The van der Waals surface area contributed by atoms with Crippen LogP contribution in [0.5, 0.6) is 0 Å². The largest absolute Gasteiger partial charge is 0.373 e. The van der Waals surface area contributed by atoms with Crippen molar-refractivity contribution in [1.29, 1.82) is 5.41 Å². The number of nitrogens with zero attached hydrogens (tertiary/aromatic N) is 4. The first kappa shape index (κ1) is 29.2. The van der Waals surface area contributed by atoms with Crippen LogP contribution in [0.3, 0.4) is 0 Å². The van der Waals surface area contributed by atoms with E-state index in [1.807, 2.05) is 43.8 Å². The van der Waals surface area contributed by atoms with E-state index >= 15 is 0 Å². The van der Waals surface area contributed by atoms with E-state index in [9.17, 15) is 4.39 Å². The maximum absolute atomic E-state index is 13.6. The zero-order valence-electron chi connectivity index (χ0n) is 23.0. The lowest BCUT2D eigenvalue weighted by Gasteiger charge is -2.33. The van der Waals surface area contributed by atoms with Crippen LogP contribution in [0, 0.1) is 12.3 Å². The third-order valence-corrected chi connectivity index (χ3v) is 8.24. The van der Waals surface area contributed by atoms with Gasteiger partial charge in [0.2, 0.25) is 0 Å². The summed E-state index contributed by atoms with van der Waals surface area (Å²) < 4.78 is 13.6. The van der Waals surface area contributed by atoms with Gasteiger partial charge in [-0.2, -0.15) is 0 Å². The highest BCUT2D eigenvalue weighted by atomic mass is 35.5. The van der Waals surface area contributed by atoms with Crippen LogP contribution in [-0.2, 0) is 0 Å². The smallest absolute Gasteiger partial charge is 0.165 e. The van der Waals surface area contributed by atoms with Crippen molar-refractivity contribution < 1.29 is 4.39 Å². The summed E-state index contributed by atoms with van der Waals surface area (Å²) in [6.07, 6.45) is 9.37. The van der Waals surface area contributed by atoms with E-state index in [0.717, 1.165) is 72.1 Å². The first-order valence-electron chi connectivity index (χ1n) is 13.5. The van der Waals surface area contributed by atoms with Gasteiger partial charge >= 0.3 is 0 Å². The quantitative estimate of drug-likeness (QED) is 0.208. The van der Waals surface area contributed by atoms with Crippen LogP contribution < -0.4 is 5.32 Å². The van der Waals surface area contributed by atoms with Gasteiger partial charge in [-0.3, -0.25) is 4.99 Å². The molecule has 1 aromatic carbocycles. The molecule has 0 radical (unpaired) electrons. The fourth-order valence-electron chi connectivity index (χ4n) is 5.19. The molecule has 208 valence electrons. The Bertz CT molecular complexity index is 1250. The number of aromatic nitrogens is 1. The average Bonchev–Trinajstić information content (AvgIpc) is 3.58. The molecule has 1 aromatic heterocycles. The number of hydrogen-bond donors (Lipinski definition) is 2. The molecule has 3 heterocycles. The molecule has 4 rings (SSSR count). The molecular weight excluding hydrogens is 531 g/mol. The minimum Gasteiger partial charge on any atom is -0.373 e. The number of rotatable bonds is 13. The number of benzene rings is 1. The Balaban J connectivity index is 1.79. The molecule has 2 aliphatic heterocycles. The lowest BCUT2D eigenvalue weighted by molar-refractivity contribution is 0.277. The summed E-state index contributed by atoms with van der Waals surface area (Å²) in [4.78, 5) is 14.4. The highest BCUT2D eigenvalue weighted by Crippen LogP contribution is 2.43. The topological polar surface area (TPSA) is 67.6 Å². The second-order valence-corrected chi connectivity index (χ2v) is 11.4. The highest BCUT2D eigenvalue weighted by Gasteiger charge is 2.41. The minimum absolute atomic E-state index is 0.183. The second kappa shape index (κ2) is 13.5. The molecule has 3 atom stereocenters. The molecule has 0 aliphatic carbocycles. The Morgan fingerprint density at radius 2 is 2.23 bits per heavy atom. The van der Waals surface area contributed by atoms with Gasteiger partial charge in [0.25, 0.3) is 0 Å². The number of amidine groups is 1. The number of aliphatic imine (C=N–C) groups is 1. The summed E-state index contributed by atoms with van der Waals surface area (Å²) in [5, 5.41) is 15.8.